The number of hydrogen-bond donors (Lipinski definition) is 1. The molecule has 0 amide bonds. The minimum Gasteiger partial charge on any atom is -0.325 e. The van der Waals surface area contributed by atoms with Gasteiger partial charge >= 0.3 is 0 Å². The van der Waals surface area contributed by atoms with Gasteiger partial charge in [0.2, 0.25) is 10.6 Å². The van der Waals surface area contributed by atoms with Gasteiger partial charge in [-0.3, -0.25) is 4.98 Å². The Labute approximate surface area is 91.6 Å². The van der Waals surface area contributed by atoms with E-state index < -0.39 is 0 Å². The fourth-order valence-electron chi connectivity index (χ4n) is 1.25. The Bertz CT molecular complexity index is 514. The number of rotatable bonds is 2. The normalized spacial score (nSPS) is 10.3. The van der Waals surface area contributed by atoms with E-state index in [1.54, 1.807) is 42.0 Å². The van der Waals surface area contributed by atoms with Crippen molar-refractivity contribution in [2.75, 3.05) is 12.5 Å². The molecule has 15 heavy (non-hydrogen) atoms. The van der Waals surface area contributed by atoms with Crippen LogP contribution in [-0.4, -0.2) is 31.5 Å². The summed E-state index contributed by atoms with van der Waals surface area (Å²) in [6, 6.07) is 0. The predicted molar refractivity (Wildman–Crippen MR) is 58.3 cm³/mol. The van der Waals surface area contributed by atoms with Crippen LogP contribution in [0.15, 0.2) is 18.6 Å². The Morgan fingerprint density at radius 2 is 2.20 bits per heavy atom. The number of hydrogen-bond acceptors (Lipinski definition) is 5. The predicted octanol–water partition coefficient (Wildman–Crippen LogP) is 0.581. The van der Waals surface area contributed by atoms with Crippen molar-refractivity contribution in [2.24, 2.45) is 7.05 Å². The van der Waals surface area contributed by atoms with Crippen molar-refractivity contribution in [3.63, 3.8) is 0 Å². The Kier molecular flexibility index (Phi) is 2.46. The van der Waals surface area contributed by atoms with Gasteiger partial charge in [-0.25, -0.2) is 14.3 Å². The van der Waals surface area contributed by atoms with Gasteiger partial charge in [0.1, 0.15) is 5.69 Å². The zero-order valence-corrected chi connectivity index (χ0v) is 9.19. The number of aryl methyl sites for hydroxylation is 1. The Hall–Kier alpha value is -1.76. The summed E-state index contributed by atoms with van der Waals surface area (Å²) in [6.45, 7) is 0. The van der Waals surface area contributed by atoms with Crippen LogP contribution in [0.3, 0.4) is 0 Å². The van der Waals surface area contributed by atoms with Crippen molar-refractivity contribution in [1.29, 1.82) is 0 Å². The minimum atomic E-state index is 0.582. The van der Waals surface area contributed by atoms with E-state index in [1.807, 2.05) is 0 Å². The summed E-state index contributed by atoms with van der Waals surface area (Å²) in [5, 5.41) is 4.26. The molecular weight excluding hydrogens is 212 g/mol. The highest BCUT2D eigenvalue weighted by Gasteiger charge is 2.10. The van der Waals surface area contributed by atoms with Crippen LogP contribution in [0.2, 0.25) is 0 Å². The first kappa shape index (κ1) is 9.78. The molecule has 0 saturated carbocycles. The van der Waals surface area contributed by atoms with Gasteiger partial charge in [0.15, 0.2) is 0 Å². The van der Waals surface area contributed by atoms with Crippen LogP contribution >= 0.6 is 12.2 Å². The lowest BCUT2D eigenvalue weighted by atomic mass is 10.4. The summed E-state index contributed by atoms with van der Waals surface area (Å²) >= 11 is 5.17. The van der Waals surface area contributed by atoms with Crippen molar-refractivity contribution in [2.45, 2.75) is 0 Å². The minimum absolute atomic E-state index is 0.582. The molecule has 78 valence electrons. The largest absolute Gasteiger partial charge is 0.325 e. The lowest BCUT2D eigenvalue weighted by Gasteiger charge is -2.02. The second-order valence-electron chi connectivity index (χ2n) is 2.88. The average Bonchev–Trinajstić information content (AvgIpc) is 2.56. The molecule has 2 heterocycles. The zero-order valence-electron chi connectivity index (χ0n) is 8.38. The van der Waals surface area contributed by atoms with Crippen LogP contribution in [0.1, 0.15) is 0 Å². The lowest BCUT2D eigenvalue weighted by molar-refractivity contribution is 0.743. The molecule has 0 radical (unpaired) electrons. The molecule has 2 aromatic rings. The van der Waals surface area contributed by atoms with E-state index in [2.05, 4.69) is 20.5 Å². The maximum Gasteiger partial charge on any atom is 0.217 e. The highest BCUT2D eigenvalue weighted by molar-refractivity contribution is 7.71. The van der Waals surface area contributed by atoms with Gasteiger partial charge in [-0.05, 0) is 12.2 Å². The van der Waals surface area contributed by atoms with E-state index in [1.165, 1.54) is 0 Å². The third kappa shape index (κ3) is 1.61. The molecule has 0 aliphatic rings. The number of nitrogens with zero attached hydrogens (tertiary/aromatic N) is 5. The van der Waals surface area contributed by atoms with Gasteiger partial charge in [0.05, 0.1) is 6.20 Å². The molecule has 1 N–H and O–H groups in total. The number of aromatic nitrogens is 5. The molecule has 7 heteroatoms. The molecule has 0 atom stereocenters. The first-order valence-corrected chi connectivity index (χ1v) is 4.75. The SMILES string of the molecule is CNn1c(-c2cnccn2)nn(C)c1=S. The fourth-order valence-corrected chi connectivity index (χ4v) is 1.47. The van der Waals surface area contributed by atoms with E-state index in [4.69, 9.17) is 12.2 Å². The van der Waals surface area contributed by atoms with Crippen LogP contribution in [0.25, 0.3) is 11.5 Å². The maximum atomic E-state index is 5.17. The van der Waals surface area contributed by atoms with Gasteiger partial charge in [0.25, 0.3) is 0 Å². The van der Waals surface area contributed by atoms with E-state index >= 15 is 0 Å². The molecule has 0 aliphatic carbocycles. The topological polar surface area (TPSA) is 60.6 Å². The van der Waals surface area contributed by atoms with E-state index in [-0.39, 0.29) is 0 Å². The van der Waals surface area contributed by atoms with Gasteiger partial charge in [-0.15, -0.1) is 5.10 Å². The molecule has 0 aliphatic heterocycles. The van der Waals surface area contributed by atoms with E-state index in [0.29, 0.717) is 16.3 Å². The molecule has 6 nitrogen and oxygen atoms in total. The standard InChI is InChI=1S/C8H10N6S/c1-9-14-7(12-13(2)8(14)15)6-5-10-3-4-11-6/h3-5,9H,1-2H3. The molecule has 0 aromatic carbocycles. The van der Waals surface area contributed by atoms with Crippen LogP contribution < -0.4 is 5.43 Å². The maximum absolute atomic E-state index is 5.17. The third-order valence-corrected chi connectivity index (χ3v) is 2.39. The summed E-state index contributed by atoms with van der Waals surface area (Å²) in [6.07, 6.45) is 4.88. The van der Waals surface area contributed by atoms with E-state index in [9.17, 15) is 0 Å². The van der Waals surface area contributed by atoms with Crippen LogP contribution in [0, 0.1) is 4.77 Å². The molecule has 0 spiro atoms. The van der Waals surface area contributed by atoms with Gasteiger partial charge in [-0.1, -0.05) is 0 Å². The molecule has 0 unspecified atom stereocenters. The fraction of sp³-hybridized carbons (Fsp3) is 0.250. The van der Waals surface area contributed by atoms with Gasteiger partial charge < -0.3 is 5.43 Å². The second kappa shape index (κ2) is 3.77. The van der Waals surface area contributed by atoms with Crippen LogP contribution in [0.4, 0.5) is 0 Å². The zero-order chi connectivity index (χ0) is 10.8. The van der Waals surface area contributed by atoms with Crippen LogP contribution in [-0.2, 0) is 7.05 Å². The van der Waals surface area contributed by atoms with Crippen LogP contribution in [0.5, 0.6) is 0 Å². The highest BCUT2D eigenvalue weighted by Crippen LogP contribution is 2.11. The highest BCUT2D eigenvalue weighted by atomic mass is 32.1. The number of nitrogens with one attached hydrogen (secondary N) is 1. The first-order valence-electron chi connectivity index (χ1n) is 4.34. The summed E-state index contributed by atoms with van der Waals surface area (Å²) in [4.78, 5) is 8.16. The van der Waals surface area contributed by atoms with Crippen molar-refractivity contribution in [3.8, 4) is 11.5 Å². The van der Waals surface area contributed by atoms with E-state index in [0.717, 1.165) is 0 Å². The van der Waals surface area contributed by atoms with Gasteiger partial charge in [0, 0.05) is 26.5 Å². The van der Waals surface area contributed by atoms with Crippen molar-refractivity contribution >= 4 is 12.2 Å². The first-order chi connectivity index (χ1) is 7.24. The summed E-state index contributed by atoms with van der Waals surface area (Å²) in [5.74, 6) is 0.651. The summed E-state index contributed by atoms with van der Waals surface area (Å²) < 4.78 is 3.87. The van der Waals surface area contributed by atoms with Crippen molar-refractivity contribution in [3.05, 3.63) is 23.4 Å². The monoisotopic (exact) mass is 222 g/mol. The van der Waals surface area contributed by atoms with Gasteiger partial charge in [-0.2, -0.15) is 0 Å². The Balaban J connectivity index is 2.64. The molecule has 0 saturated heterocycles. The van der Waals surface area contributed by atoms with Crippen molar-refractivity contribution < 1.29 is 0 Å². The molecule has 2 rings (SSSR count). The second-order valence-corrected chi connectivity index (χ2v) is 3.24. The molecular formula is C8H10N6S. The third-order valence-electron chi connectivity index (χ3n) is 1.94. The smallest absolute Gasteiger partial charge is 0.217 e. The quantitative estimate of drug-likeness (QED) is 0.753. The summed E-state index contributed by atoms with van der Waals surface area (Å²) in [7, 11) is 3.56. The summed E-state index contributed by atoms with van der Waals surface area (Å²) in [5.41, 5.74) is 3.62. The van der Waals surface area contributed by atoms with Crippen molar-refractivity contribution in [1.82, 2.24) is 24.4 Å². The molecule has 0 fully saturated rings. The molecule has 0 bridgehead atoms. The lowest BCUT2D eigenvalue weighted by Crippen LogP contribution is -2.11. The Morgan fingerprint density at radius 1 is 1.40 bits per heavy atom. The Morgan fingerprint density at radius 3 is 2.80 bits per heavy atom. The molecule has 2 aromatic heterocycles. The average molecular weight is 222 g/mol.